The van der Waals surface area contributed by atoms with E-state index < -0.39 is 0 Å². The highest BCUT2D eigenvalue weighted by Gasteiger charge is 2.09. The topological polar surface area (TPSA) is 93.8 Å². The van der Waals surface area contributed by atoms with Gasteiger partial charge in [-0.3, -0.25) is 18.7 Å². The molecule has 2 heterocycles. The van der Waals surface area contributed by atoms with Gasteiger partial charge in [-0.25, -0.2) is 9.97 Å². The van der Waals surface area contributed by atoms with Crippen molar-refractivity contribution >= 4 is 33.2 Å². The first-order chi connectivity index (χ1) is 16.5. The standard InChI is InChI=1S/C26H24N6O2/c1-31-23(29-21-9-5-3-7-19(21)25(31)33)15-27-17-11-13-18(14-12-17)28-16-24-30-22-10-6-4-8-20(22)26(34)32(24)2/h3-14,27-28H,15-16H2,1-2H3. The molecule has 0 unspecified atom stereocenters. The number of hydrogen-bond donors (Lipinski definition) is 2. The van der Waals surface area contributed by atoms with Crippen LogP contribution in [-0.4, -0.2) is 19.1 Å². The average Bonchev–Trinajstić information content (AvgIpc) is 2.87. The molecule has 8 heteroatoms. The molecule has 0 spiro atoms. The molecule has 0 bridgehead atoms. The summed E-state index contributed by atoms with van der Waals surface area (Å²) in [6, 6.07) is 22.5. The van der Waals surface area contributed by atoms with Gasteiger partial charge in [0.2, 0.25) is 0 Å². The minimum atomic E-state index is -0.0568. The molecule has 3 aromatic carbocycles. The van der Waals surface area contributed by atoms with Crippen LogP contribution < -0.4 is 21.8 Å². The van der Waals surface area contributed by atoms with Crippen LogP contribution in [0.1, 0.15) is 11.6 Å². The Labute approximate surface area is 195 Å². The Kier molecular flexibility index (Phi) is 5.55. The van der Waals surface area contributed by atoms with Gasteiger partial charge in [0.05, 0.1) is 34.9 Å². The lowest BCUT2D eigenvalue weighted by Crippen LogP contribution is -2.24. The molecular weight excluding hydrogens is 428 g/mol. The van der Waals surface area contributed by atoms with Crippen LogP contribution in [0, 0.1) is 0 Å². The summed E-state index contributed by atoms with van der Waals surface area (Å²) in [6.45, 7) is 0.846. The van der Waals surface area contributed by atoms with Crippen LogP contribution in [0.4, 0.5) is 11.4 Å². The number of nitrogens with one attached hydrogen (secondary N) is 2. The molecule has 0 aliphatic rings. The van der Waals surface area contributed by atoms with Crippen molar-refractivity contribution in [3.8, 4) is 0 Å². The third kappa shape index (κ3) is 4.01. The molecule has 170 valence electrons. The van der Waals surface area contributed by atoms with Crippen molar-refractivity contribution in [2.45, 2.75) is 13.1 Å². The van der Waals surface area contributed by atoms with Crippen molar-refractivity contribution in [2.24, 2.45) is 14.1 Å². The van der Waals surface area contributed by atoms with E-state index in [2.05, 4.69) is 20.6 Å². The Morgan fingerprint density at radius 1 is 0.618 bits per heavy atom. The van der Waals surface area contributed by atoms with E-state index in [1.807, 2.05) is 60.7 Å². The van der Waals surface area contributed by atoms with Crippen molar-refractivity contribution in [2.75, 3.05) is 10.6 Å². The molecule has 34 heavy (non-hydrogen) atoms. The number of para-hydroxylation sites is 2. The van der Waals surface area contributed by atoms with Gasteiger partial charge in [0.25, 0.3) is 11.1 Å². The average molecular weight is 453 g/mol. The second-order valence-corrected chi connectivity index (χ2v) is 8.10. The number of hydrogen-bond acceptors (Lipinski definition) is 6. The van der Waals surface area contributed by atoms with Gasteiger partial charge in [-0.1, -0.05) is 24.3 Å². The van der Waals surface area contributed by atoms with Gasteiger partial charge >= 0.3 is 0 Å². The lowest BCUT2D eigenvalue weighted by Gasteiger charge is -2.13. The van der Waals surface area contributed by atoms with Crippen LogP contribution in [0.15, 0.2) is 82.4 Å². The first-order valence-corrected chi connectivity index (χ1v) is 11.0. The Morgan fingerprint density at radius 2 is 1.00 bits per heavy atom. The van der Waals surface area contributed by atoms with E-state index in [1.165, 1.54) is 0 Å². The molecule has 0 aliphatic heterocycles. The summed E-state index contributed by atoms with van der Waals surface area (Å²) in [6.07, 6.45) is 0. The maximum absolute atomic E-state index is 12.6. The lowest BCUT2D eigenvalue weighted by atomic mass is 10.2. The second-order valence-electron chi connectivity index (χ2n) is 8.10. The van der Waals surface area contributed by atoms with Crippen molar-refractivity contribution in [1.29, 1.82) is 0 Å². The van der Waals surface area contributed by atoms with Crippen molar-refractivity contribution in [3.63, 3.8) is 0 Å². The number of nitrogens with zero attached hydrogens (tertiary/aromatic N) is 4. The van der Waals surface area contributed by atoms with Crippen LogP contribution in [-0.2, 0) is 27.2 Å². The van der Waals surface area contributed by atoms with Crippen molar-refractivity contribution < 1.29 is 0 Å². The number of rotatable bonds is 6. The van der Waals surface area contributed by atoms with Crippen molar-refractivity contribution in [1.82, 2.24) is 19.1 Å². The highest BCUT2D eigenvalue weighted by Crippen LogP contribution is 2.16. The number of benzene rings is 3. The zero-order valence-electron chi connectivity index (χ0n) is 18.9. The van der Waals surface area contributed by atoms with Crippen LogP contribution in [0.2, 0.25) is 0 Å². The fraction of sp³-hybridized carbons (Fsp3) is 0.154. The van der Waals surface area contributed by atoms with Crippen LogP contribution in [0.3, 0.4) is 0 Å². The molecule has 5 aromatic rings. The van der Waals surface area contributed by atoms with E-state index in [-0.39, 0.29) is 11.1 Å². The van der Waals surface area contributed by atoms with Crippen LogP contribution in [0.25, 0.3) is 21.8 Å². The molecule has 0 aliphatic carbocycles. The van der Waals surface area contributed by atoms with E-state index in [9.17, 15) is 9.59 Å². The Balaban J connectivity index is 1.27. The summed E-state index contributed by atoms with van der Waals surface area (Å²) in [7, 11) is 3.47. The molecule has 0 amide bonds. The zero-order valence-corrected chi connectivity index (χ0v) is 18.9. The normalized spacial score (nSPS) is 11.1. The molecule has 0 radical (unpaired) electrons. The van der Waals surface area contributed by atoms with E-state index in [1.54, 1.807) is 35.4 Å². The summed E-state index contributed by atoms with van der Waals surface area (Å²) in [4.78, 5) is 34.4. The quantitative estimate of drug-likeness (QED) is 0.410. The van der Waals surface area contributed by atoms with E-state index in [4.69, 9.17) is 0 Å². The predicted molar refractivity (Wildman–Crippen MR) is 135 cm³/mol. The van der Waals surface area contributed by atoms with Crippen LogP contribution in [0.5, 0.6) is 0 Å². The van der Waals surface area contributed by atoms with Gasteiger partial charge in [0.1, 0.15) is 11.6 Å². The first-order valence-electron chi connectivity index (χ1n) is 11.0. The van der Waals surface area contributed by atoms with Gasteiger partial charge in [-0.15, -0.1) is 0 Å². The molecule has 0 fully saturated rings. The molecule has 2 N–H and O–H groups in total. The minimum Gasteiger partial charge on any atom is -0.378 e. The van der Waals surface area contributed by atoms with Gasteiger partial charge in [-0.2, -0.15) is 0 Å². The van der Waals surface area contributed by atoms with E-state index in [0.29, 0.717) is 46.5 Å². The molecule has 2 aromatic heterocycles. The Morgan fingerprint density at radius 3 is 1.41 bits per heavy atom. The fourth-order valence-corrected chi connectivity index (χ4v) is 3.91. The summed E-state index contributed by atoms with van der Waals surface area (Å²) in [5, 5.41) is 7.87. The SMILES string of the molecule is Cn1c(CNc2ccc(NCc3nc4ccccc4c(=O)n3C)cc2)nc2ccccc2c1=O. The summed E-state index contributed by atoms with van der Waals surface area (Å²) >= 11 is 0. The molecule has 8 nitrogen and oxygen atoms in total. The monoisotopic (exact) mass is 452 g/mol. The third-order valence-corrected chi connectivity index (χ3v) is 5.94. The lowest BCUT2D eigenvalue weighted by molar-refractivity contribution is 0.756. The van der Waals surface area contributed by atoms with Crippen molar-refractivity contribution in [3.05, 3.63) is 105 Å². The zero-order chi connectivity index (χ0) is 23.7. The maximum atomic E-state index is 12.6. The van der Waals surface area contributed by atoms with E-state index >= 15 is 0 Å². The van der Waals surface area contributed by atoms with Gasteiger partial charge in [0.15, 0.2) is 0 Å². The minimum absolute atomic E-state index is 0.0568. The van der Waals surface area contributed by atoms with Gasteiger partial charge < -0.3 is 10.6 Å². The van der Waals surface area contributed by atoms with E-state index in [0.717, 1.165) is 11.4 Å². The maximum Gasteiger partial charge on any atom is 0.261 e. The second kappa shape index (κ2) is 8.82. The first kappa shape index (κ1) is 21.4. The Hall–Kier alpha value is -4.46. The van der Waals surface area contributed by atoms with Gasteiger partial charge in [0, 0.05) is 25.5 Å². The molecule has 0 atom stereocenters. The highest BCUT2D eigenvalue weighted by atomic mass is 16.1. The summed E-state index contributed by atoms with van der Waals surface area (Å²) < 4.78 is 3.15. The number of fused-ring (bicyclic) bond motifs is 2. The molecule has 5 rings (SSSR count). The predicted octanol–water partition coefficient (Wildman–Crippen LogP) is 3.40. The van der Waals surface area contributed by atoms with Crippen LogP contribution >= 0.6 is 0 Å². The summed E-state index contributed by atoms with van der Waals surface area (Å²) in [5.74, 6) is 1.32. The fourth-order valence-electron chi connectivity index (χ4n) is 3.91. The molecular formula is C26H24N6O2. The number of anilines is 2. The third-order valence-electron chi connectivity index (χ3n) is 5.94. The molecule has 0 saturated carbocycles. The molecule has 0 saturated heterocycles. The van der Waals surface area contributed by atoms with Gasteiger partial charge in [-0.05, 0) is 48.5 Å². The summed E-state index contributed by atoms with van der Waals surface area (Å²) in [5.41, 5.74) is 3.09. The smallest absolute Gasteiger partial charge is 0.261 e. The largest absolute Gasteiger partial charge is 0.378 e. The number of aromatic nitrogens is 4. The highest BCUT2D eigenvalue weighted by molar-refractivity contribution is 5.78. The Bertz CT molecular complexity index is 1500.